The van der Waals surface area contributed by atoms with Crippen LogP contribution in [0, 0.1) is 0 Å². The number of aliphatic hydroxyl groups is 1. The van der Waals surface area contributed by atoms with Crippen LogP contribution in [-0.4, -0.2) is 30.0 Å². The molecule has 4 nitrogen and oxygen atoms in total. The Morgan fingerprint density at radius 3 is 2.78 bits per heavy atom. The van der Waals surface area contributed by atoms with Gasteiger partial charge in [0.05, 0.1) is 13.2 Å². The first-order chi connectivity index (χ1) is 8.58. The Morgan fingerprint density at radius 1 is 1.44 bits per heavy atom. The summed E-state index contributed by atoms with van der Waals surface area (Å²) in [6.45, 7) is 3.11. The predicted octanol–water partition coefficient (Wildman–Crippen LogP) is 2.30. The molecule has 0 amide bonds. The molecule has 0 bridgehead atoms. The summed E-state index contributed by atoms with van der Waals surface area (Å²) in [7, 11) is 1.49. The summed E-state index contributed by atoms with van der Waals surface area (Å²) in [5.74, 6) is 0.471. The Balaban J connectivity index is 2.54. The average Bonchev–Trinajstić information content (AvgIpc) is 2.37. The maximum absolute atomic E-state index is 9.89. The molecular weight excluding hydrogens is 254 g/mol. The summed E-state index contributed by atoms with van der Waals surface area (Å²) < 4.78 is 5.03. The molecule has 0 aromatic heterocycles. The van der Waals surface area contributed by atoms with Gasteiger partial charge in [0.1, 0.15) is 0 Å². The van der Waals surface area contributed by atoms with Crippen LogP contribution in [0.15, 0.2) is 12.1 Å². The zero-order valence-electron chi connectivity index (χ0n) is 10.7. The van der Waals surface area contributed by atoms with E-state index in [1.807, 2.05) is 6.92 Å². The second-order valence-corrected chi connectivity index (χ2v) is 4.58. The number of aromatic hydroxyl groups is 1. The van der Waals surface area contributed by atoms with E-state index in [9.17, 15) is 10.2 Å². The number of hydrogen-bond donors (Lipinski definition) is 3. The van der Waals surface area contributed by atoms with E-state index < -0.39 is 0 Å². The maximum Gasteiger partial charge on any atom is 0.162 e. The number of rotatable bonds is 7. The van der Waals surface area contributed by atoms with Crippen LogP contribution in [0.1, 0.15) is 25.3 Å². The van der Waals surface area contributed by atoms with Gasteiger partial charge in [-0.1, -0.05) is 18.5 Å². The third-order valence-corrected chi connectivity index (χ3v) is 3.00. The van der Waals surface area contributed by atoms with Gasteiger partial charge in [-0.25, -0.2) is 0 Å². The number of ether oxygens (including phenoxy) is 1. The third kappa shape index (κ3) is 4.37. The number of phenolic OH excluding ortho intramolecular Hbond substituents is 1. The molecule has 18 heavy (non-hydrogen) atoms. The molecule has 0 saturated heterocycles. The van der Waals surface area contributed by atoms with Gasteiger partial charge in [-0.05, 0) is 25.5 Å². The predicted molar refractivity (Wildman–Crippen MR) is 72.3 cm³/mol. The maximum atomic E-state index is 9.89. The SMILES string of the molecule is CCC(O)CCNCc1cc(Cl)cc(OC)c1O. The van der Waals surface area contributed by atoms with Crippen molar-refractivity contribution in [2.45, 2.75) is 32.4 Å². The molecule has 0 spiro atoms. The summed E-state index contributed by atoms with van der Waals surface area (Å²) in [6, 6.07) is 3.27. The Bertz CT molecular complexity index is 385. The normalized spacial score (nSPS) is 12.4. The minimum atomic E-state index is -0.278. The van der Waals surface area contributed by atoms with Crippen LogP contribution in [0.3, 0.4) is 0 Å². The van der Waals surface area contributed by atoms with E-state index in [1.165, 1.54) is 7.11 Å². The molecule has 102 valence electrons. The Labute approximate surface area is 113 Å². The molecule has 1 aromatic carbocycles. The van der Waals surface area contributed by atoms with Crippen molar-refractivity contribution >= 4 is 11.6 Å². The minimum Gasteiger partial charge on any atom is -0.504 e. The first-order valence-electron chi connectivity index (χ1n) is 6.02. The number of hydrogen-bond acceptors (Lipinski definition) is 4. The lowest BCUT2D eigenvalue weighted by atomic mass is 10.1. The second-order valence-electron chi connectivity index (χ2n) is 4.14. The zero-order valence-corrected chi connectivity index (χ0v) is 11.5. The summed E-state index contributed by atoms with van der Waals surface area (Å²) in [5, 5.41) is 23.0. The van der Waals surface area contributed by atoms with Gasteiger partial charge in [0, 0.05) is 23.2 Å². The Morgan fingerprint density at radius 2 is 2.17 bits per heavy atom. The fourth-order valence-corrected chi connectivity index (χ4v) is 1.85. The van der Waals surface area contributed by atoms with Crippen LogP contribution in [0.5, 0.6) is 11.5 Å². The highest BCUT2D eigenvalue weighted by Gasteiger charge is 2.09. The van der Waals surface area contributed by atoms with Gasteiger partial charge < -0.3 is 20.3 Å². The van der Waals surface area contributed by atoms with Crippen LogP contribution in [0.2, 0.25) is 5.02 Å². The van der Waals surface area contributed by atoms with Crippen LogP contribution in [0.4, 0.5) is 0 Å². The molecule has 0 aliphatic carbocycles. The van der Waals surface area contributed by atoms with Crippen molar-refractivity contribution < 1.29 is 14.9 Å². The van der Waals surface area contributed by atoms with Crippen molar-refractivity contribution in [1.82, 2.24) is 5.32 Å². The second kappa shape index (κ2) is 7.46. The van der Waals surface area contributed by atoms with Gasteiger partial charge in [-0.2, -0.15) is 0 Å². The van der Waals surface area contributed by atoms with Crippen molar-refractivity contribution in [3.8, 4) is 11.5 Å². The molecule has 3 N–H and O–H groups in total. The van der Waals surface area contributed by atoms with Crippen molar-refractivity contribution in [3.05, 3.63) is 22.7 Å². The lowest BCUT2D eigenvalue weighted by Crippen LogP contribution is -2.19. The van der Waals surface area contributed by atoms with E-state index in [2.05, 4.69) is 5.32 Å². The zero-order chi connectivity index (χ0) is 13.5. The van der Waals surface area contributed by atoms with Gasteiger partial charge in [0.25, 0.3) is 0 Å². The van der Waals surface area contributed by atoms with Crippen LogP contribution >= 0.6 is 11.6 Å². The molecule has 0 saturated carbocycles. The van der Waals surface area contributed by atoms with Crippen LogP contribution in [-0.2, 0) is 6.54 Å². The molecule has 1 aromatic rings. The number of benzene rings is 1. The molecule has 1 atom stereocenters. The van der Waals surface area contributed by atoms with Crippen LogP contribution < -0.4 is 10.1 Å². The Kier molecular flexibility index (Phi) is 6.25. The first kappa shape index (κ1) is 15.1. The molecule has 1 rings (SSSR count). The van der Waals surface area contributed by atoms with Crippen LogP contribution in [0.25, 0.3) is 0 Å². The van der Waals surface area contributed by atoms with Gasteiger partial charge in [-0.3, -0.25) is 0 Å². The Hall–Kier alpha value is -0.970. The number of aliphatic hydroxyl groups excluding tert-OH is 1. The minimum absolute atomic E-state index is 0.102. The summed E-state index contributed by atoms with van der Waals surface area (Å²) in [4.78, 5) is 0. The van der Waals surface area contributed by atoms with Gasteiger partial charge in [-0.15, -0.1) is 0 Å². The smallest absolute Gasteiger partial charge is 0.162 e. The summed E-state index contributed by atoms with van der Waals surface area (Å²) in [6.07, 6.45) is 1.16. The van der Waals surface area contributed by atoms with Gasteiger partial charge in [0.15, 0.2) is 11.5 Å². The first-order valence-corrected chi connectivity index (χ1v) is 6.40. The molecule has 0 fully saturated rings. The highest BCUT2D eigenvalue weighted by Crippen LogP contribution is 2.33. The van der Waals surface area contributed by atoms with Crippen molar-refractivity contribution in [2.24, 2.45) is 0 Å². The number of methoxy groups -OCH3 is 1. The van der Waals surface area contributed by atoms with Crippen molar-refractivity contribution in [1.29, 1.82) is 0 Å². The molecule has 1 unspecified atom stereocenters. The fraction of sp³-hybridized carbons (Fsp3) is 0.538. The highest BCUT2D eigenvalue weighted by atomic mass is 35.5. The van der Waals surface area contributed by atoms with Crippen molar-refractivity contribution in [3.63, 3.8) is 0 Å². The van der Waals surface area contributed by atoms with E-state index in [4.69, 9.17) is 16.3 Å². The number of phenols is 1. The molecule has 0 aliphatic heterocycles. The lowest BCUT2D eigenvalue weighted by Gasteiger charge is -2.12. The van der Waals surface area contributed by atoms with E-state index in [0.717, 1.165) is 6.42 Å². The highest BCUT2D eigenvalue weighted by molar-refractivity contribution is 6.30. The molecule has 0 heterocycles. The monoisotopic (exact) mass is 273 g/mol. The number of halogens is 1. The van der Waals surface area contributed by atoms with Crippen molar-refractivity contribution in [2.75, 3.05) is 13.7 Å². The average molecular weight is 274 g/mol. The molecule has 0 radical (unpaired) electrons. The quantitative estimate of drug-likeness (QED) is 0.667. The van der Waals surface area contributed by atoms with E-state index in [0.29, 0.717) is 35.8 Å². The van der Waals surface area contributed by atoms with E-state index in [-0.39, 0.29) is 11.9 Å². The fourth-order valence-electron chi connectivity index (χ4n) is 1.61. The van der Waals surface area contributed by atoms with E-state index in [1.54, 1.807) is 12.1 Å². The third-order valence-electron chi connectivity index (χ3n) is 2.78. The summed E-state index contributed by atoms with van der Waals surface area (Å²) in [5.41, 5.74) is 0.685. The summed E-state index contributed by atoms with van der Waals surface area (Å²) >= 11 is 5.93. The van der Waals surface area contributed by atoms with Gasteiger partial charge >= 0.3 is 0 Å². The standard InChI is InChI=1S/C13H20ClNO3/c1-3-11(16)4-5-15-8-9-6-10(14)7-12(18-2)13(9)17/h6-7,11,15-17H,3-5,8H2,1-2H3. The molecule has 5 heteroatoms. The topological polar surface area (TPSA) is 61.7 Å². The number of nitrogens with one attached hydrogen (secondary N) is 1. The molecular formula is C13H20ClNO3. The lowest BCUT2D eigenvalue weighted by molar-refractivity contribution is 0.159. The molecule has 0 aliphatic rings. The largest absolute Gasteiger partial charge is 0.504 e. The van der Waals surface area contributed by atoms with E-state index >= 15 is 0 Å². The van der Waals surface area contributed by atoms with Gasteiger partial charge in [0.2, 0.25) is 0 Å².